The third-order valence-corrected chi connectivity index (χ3v) is 2.64. The molecule has 0 aliphatic rings. The normalized spacial score (nSPS) is 9.90. The molecular weight excluding hydrogens is 270 g/mol. The summed E-state index contributed by atoms with van der Waals surface area (Å²) in [6, 6.07) is 15.6. The predicted molar refractivity (Wildman–Crippen MR) is 78.5 cm³/mol. The number of hydrogen-bond acceptors (Lipinski definition) is 4. The number of amides is 1. The van der Waals surface area contributed by atoms with Gasteiger partial charge in [0.05, 0.1) is 6.54 Å². The molecule has 0 fully saturated rings. The summed E-state index contributed by atoms with van der Waals surface area (Å²) in [4.78, 5) is 11.6. The van der Waals surface area contributed by atoms with E-state index in [4.69, 9.17) is 14.6 Å². The van der Waals surface area contributed by atoms with Gasteiger partial charge in [-0.1, -0.05) is 18.2 Å². The fourth-order valence-electron chi connectivity index (χ4n) is 1.62. The number of carbonyl (C=O) groups is 1. The molecule has 0 saturated carbocycles. The van der Waals surface area contributed by atoms with Crippen molar-refractivity contribution >= 4 is 5.91 Å². The first-order valence-electron chi connectivity index (χ1n) is 6.60. The Bertz CT molecular complexity index is 554. The summed E-state index contributed by atoms with van der Waals surface area (Å²) >= 11 is 0. The van der Waals surface area contributed by atoms with E-state index in [-0.39, 0.29) is 18.3 Å². The van der Waals surface area contributed by atoms with Gasteiger partial charge >= 0.3 is 0 Å². The first-order chi connectivity index (χ1) is 10.2. The Morgan fingerprint density at radius 1 is 0.952 bits per heavy atom. The van der Waals surface area contributed by atoms with Crippen molar-refractivity contribution in [3.63, 3.8) is 0 Å². The SMILES string of the molecule is O=C(COc1ccc(O)cc1)NCCOc1ccccc1. The number of nitrogens with one attached hydrogen (secondary N) is 1. The quantitative estimate of drug-likeness (QED) is 0.764. The van der Waals surface area contributed by atoms with Gasteiger partial charge in [0.25, 0.3) is 5.91 Å². The van der Waals surface area contributed by atoms with Crippen molar-refractivity contribution in [2.24, 2.45) is 0 Å². The molecule has 0 unspecified atom stereocenters. The molecule has 2 rings (SSSR count). The molecule has 5 nitrogen and oxygen atoms in total. The molecule has 0 bridgehead atoms. The molecule has 1 amide bonds. The van der Waals surface area contributed by atoms with Crippen molar-refractivity contribution in [2.45, 2.75) is 0 Å². The minimum atomic E-state index is -0.222. The molecule has 0 aliphatic heterocycles. The Hall–Kier alpha value is -2.69. The van der Waals surface area contributed by atoms with E-state index < -0.39 is 0 Å². The predicted octanol–water partition coefficient (Wildman–Crippen LogP) is 1.97. The van der Waals surface area contributed by atoms with Gasteiger partial charge < -0.3 is 19.9 Å². The van der Waals surface area contributed by atoms with E-state index in [1.807, 2.05) is 30.3 Å². The minimum Gasteiger partial charge on any atom is -0.508 e. The lowest BCUT2D eigenvalue weighted by atomic mass is 10.3. The smallest absolute Gasteiger partial charge is 0.258 e. The number of ether oxygens (including phenoxy) is 2. The van der Waals surface area contributed by atoms with E-state index in [1.165, 1.54) is 12.1 Å². The van der Waals surface area contributed by atoms with Gasteiger partial charge in [0.1, 0.15) is 23.9 Å². The Balaban J connectivity index is 1.60. The van der Waals surface area contributed by atoms with Crippen LogP contribution in [0.25, 0.3) is 0 Å². The molecular formula is C16H17NO4. The maximum absolute atomic E-state index is 11.6. The van der Waals surface area contributed by atoms with Crippen LogP contribution in [0.3, 0.4) is 0 Å². The first kappa shape index (κ1) is 14.7. The molecule has 0 spiro atoms. The Kier molecular flexibility index (Phi) is 5.46. The number of para-hydroxylation sites is 1. The third kappa shape index (κ3) is 5.44. The lowest BCUT2D eigenvalue weighted by Gasteiger charge is -2.08. The zero-order chi connectivity index (χ0) is 14.9. The highest BCUT2D eigenvalue weighted by atomic mass is 16.5. The highest BCUT2D eigenvalue weighted by Gasteiger charge is 2.02. The summed E-state index contributed by atoms with van der Waals surface area (Å²) < 4.78 is 10.7. The zero-order valence-electron chi connectivity index (χ0n) is 11.5. The molecule has 2 aromatic rings. The lowest BCUT2D eigenvalue weighted by molar-refractivity contribution is -0.123. The molecule has 0 radical (unpaired) electrons. The van der Waals surface area contributed by atoms with Crippen LogP contribution < -0.4 is 14.8 Å². The van der Waals surface area contributed by atoms with Crippen LogP contribution in [-0.4, -0.2) is 30.8 Å². The van der Waals surface area contributed by atoms with E-state index >= 15 is 0 Å². The number of phenolic OH excluding ortho intramolecular Hbond substituents is 1. The summed E-state index contributed by atoms with van der Waals surface area (Å²) in [7, 11) is 0. The topological polar surface area (TPSA) is 67.8 Å². The van der Waals surface area contributed by atoms with E-state index in [0.717, 1.165) is 5.75 Å². The van der Waals surface area contributed by atoms with Gasteiger partial charge in [-0.3, -0.25) is 4.79 Å². The molecule has 0 saturated heterocycles. The van der Waals surface area contributed by atoms with E-state index in [2.05, 4.69) is 5.32 Å². The summed E-state index contributed by atoms with van der Waals surface area (Å²) in [5.41, 5.74) is 0. The van der Waals surface area contributed by atoms with Gasteiger partial charge in [-0.05, 0) is 36.4 Å². The summed E-state index contributed by atoms with van der Waals surface area (Å²) in [6.45, 7) is 0.734. The number of benzene rings is 2. The average molecular weight is 287 g/mol. The van der Waals surface area contributed by atoms with Gasteiger partial charge in [0.15, 0.2) is 6.61 Å². The number of aromatic hydroxyl groups is 1. The van der Waals surface area contributed by atoms with Crippen LogP contribution in [0.1, 0.15) is 0 Å². The molecule has 2 N–H and O–H groups in total. The second-order valence-corrected chi connectivity index (χ2v) is 4.29. The van der Waals surface area contributed by atoms with Gasteiger partial charge in [-0.2, -0.15) is 0 Å². The monoisotopic (exact) mass is 287 g/mol. The standard InChI is InChI=1S/C16H17NO4/c18-13-6-8-15(9-7-13)21-12-16(19)17-10-11-20-14-4-2-1-3-5-14/h1-9,18H,10-12H2,(H,17,19). The van der Waals surface area contributed by atoms with Crippen molar-refractivity contribution in [1.82, 2.24) is 5.32 Å². The summed E-state index contributed by atoms with van der Waals surface area (Å²) in [6.07, 6.45) is 0. The molecule has 0 heterocycles. The molecule has 21 heavy (non-hydrogen) atoms. The Morgan fingerprint density at radius 2 is 1.62 bits per heavy atom. The minimum absolute atomic E-state index is 0.0733. The molecule has 0 aromatic heterocycles. The van der Waals surface area contributed by atoms with Gasteiger partial charge in [-0.15, -0.1) is 0 Å². The zero-order valence-corrected chi connectivity index (χ0v) is 11.5. The van der Waals surface area contributed by atoms with Crippen LogP contribution in [0.15, 0.2) is 54.6 Å². The Morgan fingerprint density at radius 3 is 2.33 bits per heavy atom. The Labute approximate surface area is 123 Å². The number of carbonyl (C=O) groups excluding carboxylic acids is 1. The van der Waals surface area contributed by atoms with Crippen molar-refractivity contribution in [1.29, 1.82) is 0 Å². The summed E-state index contributed by atoms with van der Waals surface area (Å²) in [5.74, 6) is 1.24. The number of hydrogen-bond donors (Lipinski definition) is 2. The highest BCUT2D eigenvalue weighted by Crippen LogP contribution is 2.15. The first-order valence-corrected chi connectivity index (χ1v) is 6.60. The second kappa shape index (κ2) is 7.79. The molecule has 5 heteroatoms. The molecule has 0 atom stereocenters. The maximum Gasteiger partial charge on any atom is 0.258 e. The van der Waals surface area contributed by atoms with Crippen LogP contribution in [0.2, 0.25) is 0 Å². The highest BCUT2D eigenvalue weighted by molar-refractivity contribution is 5.77. The van der Waals surface area contributed by atoms with Crippen LogP contribution in [0.5, 0.6) is 17.2 Å². The van der Waals surface area contributed by atoms with E-state index in [1.54, 1.807) is 12.1 Å². The van der Waals surface area contributed by atoms with Crippen LogP contribution >= 0.6 is 0 Å². The largest absolute Gasteiger partial charge is 0.508 e. The van der Waals surface area contributed by atoms with Crippen molar-refractivity contribution in [3.05, 3.63) is 54.6 Å². The number of phenols is 1. The lowest BCUT2D eigenvalue weighted by Crippen LogP contribution is -2.32. The maximum atomic E-state index is 11.6. The van der Waals surface area contributed by atoms with Crippen molar-refractivity contribution < 1.29 is 19.4 Å². The average Bonchev–Trinajstić information content (AvgIpc) is 2.52. The van der Waals surface area contributed by atoms with Crippen LogP contribution in [0, 0.1) is 0 Å². The molecule has 0 aliphatic carbocycles. The van der Waals surface area contributed by atoms with Crippen molar-refractivity contribution in [3.8, 4) is 17.2 Å². The van der Waals surface area contributed by atoms with Gasteiger partial charge in [0, 0.05) is 0 Å². The van der Waals surface area contributed by atoms with Gasteiger partial charge in [0.2, 0.25) is 0 Å². The van der Waals surface area contributed by atoms with Gasteiger partial charge in [-0.25, -0.2) is 0 Å². The summed E-state index contributed by atoms with van der Waals surface area (Å²) in [5, 5.41) is 11.8. The van der Waals surface area contributed by atoms with Crippen molar-refractivity contribution in [2.75, 3.05) is 19.8 Å². The third-order valence-electron chi connectivity index (χ3n) is 2.64. The van der Waals surface area contributed by atoms with E-state index in [0.29, 0.717) is 18.9 Å². The number of rotatable bonds is 7. The van der Waals surface area contributed by atoms with Crippen LogP contribution in [-0.2, 0) is 4.79 Å². The molecule has 110 valence electrons. The van der Waals surface area contributed by atoms with Crippen LogP contribution in [0.4, 0.5) is 0 Å². The fourth-order valence-corrected chi connectivity index (χ4v) is 1.62. The fraction of sp³-hybridized carbons (Fsp3) is 0.188. The van der Waals surface area contributed by atoms with E-state index in [9.17, 15) is 4.79 Å². The second-order valence-electron chi connectivity index (χ2n) is 4.29. The molecule has 2 aromatic carbocycles.